The standard InChI is InChI=1S/C14H20N2O3S2/c1-7-8(2)21-11(6-20-7)12-15-13(19-16-12)9-4-3-5-10(9)14(17)18/h7-11H,3-6H2,1-2H3,(H,17,18). The van der Waals surface area contributed by atoms with Crippen LogP contribution in [0.5, 0.6) is 0 Å². The molecule has 2 heterocycles. The molecule has 3 rings (SSSR count). The summed E-state index contributed by atoms with van der Waals surface area (Å²) in [6.07, 6.45) is 2.46. The minimum atomic E-state index is -0.748. The van der Waals surface area contributed by atoms with Crippen LogP contribution < -0.4 is 0 Å². The Hall–Kier alpha value is -0.690. The molecule has 2 fully saturated rings. The highest BCUT2D eigenvalue weighted by molar-refractivity contribution is 8.07. The van der Waals surface area contributed by atoms with Crippen LogP contribution in [0.1, 0.15) is 56.0 Å². The number of rotatable bonds is 3. The van der Waals surface area contributed by atoms with Gasteiger partial charge in [-0.25, -0.2) is 0 Å². The van der Waals surface area contributed by atoms with Crippen molar-refractivity contribution < 1.29 is 14.4 Å². The van der Waals surface area contributed by atoms with E-state index in [9.17, 15) is 9.90 Å². The first-order chi connectivity index (χ1) is 10.1. The van der Waals surface area contributed by atoms with Gasteiger partial charge < -0.3 is 9.63 Å². The number of aliphatic carboxylic acids is 1. The molecule has 0 aromatic carbocycles. The number of carbonyl (C=O) groups is 1. The number of nitrogens with zero attached hydrogens (tertiary/aromatic N) is 2. The molecule has 1 aliphatic carbocycles. The van der Waals surface area contributed by atoms with E-state index in [1.807, 2.05) is 23.5 Å². The number of hydrogen-bond donors (Lipinski definition) is 1. The molecule has 2 aliphatic rings. The fourth-order valence-corrected chi connectivity index (χ4v) is 5.83. The van der Waals surface area contributed by atoms with Crippen molar-refractivity contribution in [3.05, 3.63) is 11.7 Å². The first-order valence-electron chi connectivity index (χ1n) is 7.39. The summed E-state index contributed by atoms with van der Waals surface area (Å²) in [7, 11) is 0. The molecule has 1 aromatic rings. The summed E-state index contributed by atoms with van der Waals surface area (Å²) in [4.78, 5) is 15.8. The van der Waals surface area contributed by atoms with E-state index in [0.29, 0.717) is 22.8 Å². The van der Waals surface area contributed by atoms with Crippen molar-refractivity contribution in [2.75, 3.05) is 5.75 Å². The Morgan fingerprint density at radius 1 is 1.33 bits per heavy atom. The Labute approximate surface area is 132 Å². The summed E-state index contributed by atoms with van der Waals surface area (Å²) in [5.74, 6) is 1.01. The lowest BCUT2D eigenvalue weighted by Crippen LogP contribution is -2.22. The van der Waals surface area contributed by atoms with Gasteiger partial charge in [-0.2, -0.15) is 16.7 Å². The molecule has 5 nitrogen and oxygen atoms in total. The number of carboxylic acid groups (broad SMARTS) is 1. The van der Waals surface area contributed by atoms with Crippen LogP contribution in [0.4, 0.5) is 0 Å². The second-order valence-corrected chi connectivity index (χ2v) is 8.84. The first kappa shape index (κ1) is 15.2. The second-order valence-electron chi connectivity index (χ2n) is 5.84. The van der Waals surface area contributed by atoms with E-state index >= 15 is 0 Å². The van der Waals surface area contributed by atoms with Gasteiger partial charge >= 0.3 is 5.97 Å². The van der Waals surface area contributed by atoms with E-state index in [4.69, 9.17) is 4.52 Å². The van der Waals surface area contributed by atoms with Crippen molar-refractivity contribution in [3.63, 3.8) is 0 Å². The maximum absolute atomic E-state index is 11.3. The Balaban J connectivity index is 1.73. The Kier molecular flexibility index (Phi) is 4.49. The highest BCUT2D eigenvalue weighted by atomic mass is 32.2. The van der Waals surface area contributed by atoms with Gasteiger partial charge in [0.2, 0.25) is 5.89 Å². The minimum Gasteiger partial charge on any atom is -0.481 e. The molecule has 116 valence electrons. The van der Waals surface area contributed by atoms with Gasteiger partial charge in [0.1, 0.15) is 0 Å². The van der Waals surface area contributed by atoms with Crippen molar-refractivity contribution in [3.8, 4) is 0 Å². The third-order valence-corrected chi connectivity index (χ3v) is 7.83. The Morgan fingerprint density at radius 3 is 2.86 bits per heavy atom. The molecule has 1 aliphatic heterocycles. The molecule has 7 heteroatoms. The Morgan fingerprint density at radius 2 is 2.14 bits per heavy atom. The van der Waals surface area contributed by atoms with Gasteiger partial charge in [0.05, 0.1) is 17.1 Å². The second kappa shape index (κ2) is 6.20. The summed E-state index contributed by atoms with van der Waals surface area (Å²) in [5, 5.41) is 14.9. The van der Waals surface area contributed by atoms with Gasteiger partial charge in [-0.05, 0) is 12.8 Å². The van der Waals surface area contributed by atoms with Crippen LogP contribution in [0, 0.1) is 5.92 Å². The molecular formula is C14H20N2O3S2. The summed E-state index contributed by atoms with van der Waals surface area (Å²) in [6, 6.07) is 0. The average Bonchev–Trinajstić information content (AvgIpc) is 3.09. The molecule has 1 N–H and O–H groups in total. The van der Waals surface area contributed by atoms with E-state index in [1.54, 1.807) is 0 Å². The van der Waals surface area contributed by atoms with Crippen LogP contribution in [0.2, 0.25) is 0 Å². The van der Waals surface area contributed by atoms with Gasteiger partial charge in [0.15, 0.2) is 5.82 Å². The van der Waals surface area contributed by atoms with E-state index < -0.39 is 5.97 Å². The average molecular weight is 328 g/mol. The monoisotopic (exact) mass is 328 g/mol. The van der Waals surface area contributed by atoms with E-state index in [-0.39, 0.29) is 17.1 Å². The van der Waals surface area contributed by atoms with Crippen LogP contribution >= 0.6 is 23.5 Å². The molecular weight excluding hydrogens is 308 g/mol. The molecule has 1 saturated heterocycles. The number of aromatic nitrogens is 2. The molecule has 0 amide bonds. The lowest BCUT2D eigenvalue weighted by Gasteiger charge is -2.29. The van der Waals surface area contributed by atoms with Crippen molar-refractivity contribution >= 4 is 29.5 Å². The normalized spacial score (nSPS) is 36.8. The van der Waals surface area contributed by atoms with Crippen LogP contribution in [0.25, 0.3) is 0 Å². The molecule has 1 aromatic heterocycles. The third kappa shape index (κ3) is 3.08. The van der Waals surface area contributed by atoms with Crippen molar-refractivity contribution in [1.82, 2.24) is 10.1 Å². The Bertz CT molecular complexity index is 522. The van der Waals surface area contributed by atoms with Crippen LogP contribution in [0.3, 0.4) is 0 Å². The smallest absolute Gasteiger partial charge is 0.307 e. The summed E-state index contributed by atoms with van der Waals surface area (Å²) in [5.41, 5.74) is 0. The minimum absolute atomic E-state index is 0.110. The SMILES string of the molecule is CC1SCC(c2noc(C3CCCC3C(=O)O)n2)SC1C. The molecule has 21 heavy (non-hydrogen) atoms. The van der Waals surface area contributed by atoms with E-state index in [2.05, 4.69) is 24.0 Å². The predicted octanol–water partition coefficient (Wildman–Crippen LogP) is 3.34. The molecule has 5 unspecified atom stereocenters. The first-order valence-corrected chi connectivity index (χ1v) is 9.38. The summed E-state index contributed by atoms with van der Waals surface area (Å²) < 4.78 is 5.40. The van der Waals surface area contributed by atoms with E-state index in [0.717, 1.165) is 24.4 Å². The fraction of sp³-hybridized carbons (Fsp3) is 0.786. The zero-order valence-electron chi connectivity index (χ0n) is 12.2. The molecule has 0 spiro atoms. The van der Waals surface area contributed by atoms with E-state index in [1.165, 1.54) is 0 Å². The topological polar surface area (TPSA) is 76.2 Å². The molecule has 1 saturated carbocycles. The van der Waals surface area contributed by atoms with Gasteiger partial charge in [0, 0.05) is 16.3 Å². The van der Waals surface area contributed by atoms with Gasteiger partial charge in [0.25, 0.3) is 0 Å². The number of thioether (sulfide) groups is 2. The fourth-order valence-electron chi connectivity index (χ4n) is 3.00. The van der Waals surface area contributed by atoms with Gasteiger partial charge in [-0.1, -0.05) is 25.4 Å². The summed E-state index contributed by atoms with van der Waals surface area (Å²) >= 11 is 3.83. The maximum atomic E-state index is 11.3. The van der Waals surface area contributed by atoms with Gasteiger partial charge in [-0.15, -0.1) is 11.8 Å². The third-order valence-electron chi connectivity index (χ3n) is 4.45. The molecule has 0 radical (unpaired) electrons. The quantitative estimate of drug-likeness (QED) is 0.912. The zero-order chi connectivity index (χ0) is 15.0. The van der Waals surface area contributed by atoms with Crippen molar-refractivity contribution in [2.45, 2.75) is 54.8 Å². The molecule has 5 atom stereocenters. The summed E-state index contributed by atoms with van der Waals surface area (Å²) in [6.45, 7) is 4.48. The van der Waals surface area contributed by atoms with Crippen molar-refractivity contribution in [1.29, 1.82) is 0 Å². The van der Waals surface area contributed by atoms with Crippen molar-refractivity contribution in [2.24, 2.45) is 5.92 Å². The lowest BCUT2D eigenvalue weighted by atomic mass is 9.96. The lowest BCUT2D eigenvalue weighted by molar-refractivity contribution is -0.142. The number of carboxylic acids is 1. The van der Waals surface area contributed by atoms with Crippen LogP contribution in [-0.4, -0.2) is 37.5 Å². The van der Waals surface area contributed by atoms with Crippen LogP contribution in [0.15, 0.2) is 4.52 Å². The highest BCUT2D eigenvalue weighted by Gasteiger charge is 2.38. The van der Waals surface area contributed by atoms with Crippen LogP contribution in [-0.2, 0) is 4.79 Å². The molecule has 0 bridgehead atoms. The largest absolute Gasteiger partial charge is 0.481 e. The predicted molar refractivity (Wildman–Crippen MR) is 83.7 cm³/mol. The van der Waals surface area contributed by atoms with Gasteiger partial charge in [-0.3, -0.25) is 4.79 Å². The highest BCUT2D eigenvalue weighted by Crippen LogP contribution is 2.44. The number of hydrogen-bond acceptors (Lipinski definition) is 6. The zero-order valence-corrected chi connectivity index (χ0v) is 13.8. The maximum Gasteiger partial charge on any atom is 0.307 e.